The monoisotopic (exact) mass is 493 g/mol. The number of rotatable bonds is 15. The fraction of sp³-hybridized carbons (Fsp3) is 0.360. The number of halogens is 2. The van der Waals surface area contributed by atoms with Crippen molar-refractivity contribution in [2.24, 2.45) is 0 Å². The zero-order valence-electron chi connectivity index (χ0n) is 18.9. The van der Waals surface area contributed by atoms with Gasteiger partial charge in [0.25, 0.3) is 0 Å². The molecule has 0 aliphatic rings. The van der Waals surface area contributed by atoms with Crippen LogP contribution in [0.15, 0.2) is 59.2 Å². The van der Waals surface area contributed by atoms with Gasteiger partial charge < -0.3 is 23.9 Å². The summed E-state index contributed by atoms with van der Waals surface area (Å²) in [7, 11) is -2.92. The van der Waals surface area contributed by atoms with E-state index in [1.807, 2.05) is 0 Å². The average molecular weight is 493 g/mol. The molecule has 0 amide bonds. The number of nitrogens with one attached hydrogen (secondary N) is 1. The van der Waals surface area contributed by atoms with Gasteiger partial charge in [-0.15, -0.1) is 0 Å². The number of hydrogen-bond acceptors (Lipinski definition) is 5. The molecule has 0 saturated carbocycles. The molecule has 184 valence electrons. The van der Waals surface area contributed by atoms with Crippen LogP contribution < -0.4 is 10.1 Å². The third-order valence-electron chi connectivity index (χ3n) is 5.25. The van der Waals surface area contributed by atoms with Crippen LogP contribution in [0.1, 0.15) is 36.8 Å². The van der Waals surface area contributed by atoms with Gasteiger partial charge in [-0.25, -0.2) is 8.78 Å². The zero-order chi connectivity index (χ0) is 24.2. The van der Waals surface area contributed by atoms with Gasteiger partial charge in [-0.1, -0.05) is 12.1 Å². The van der Waals surface area contributed by atoms with E-state index in [4.69, 9.17) is 14.0 Å². The molecule has 3 rings (SSSR count). The number of furan rings is 1. The van der Waals surface area contributed by atoms with Crippen molar-refractivity contribution in [3.63, 3.8) is 0 Å². The molecule has 0 spiro atoms. The molecule has 3 aromatic rings. The highest BCUT2D eigenvalue weighted by molar-refractivity contribution is 7.32. The van der Waals surface area contributed by atoms with Crippen LogP contribution in [0.4, 0.5) is 8.78 Å². The topological polar surface area (TPSA) is 80.9 Å². The highest BCUT2D eigenvalue weighted by Crippen LogP contribution is 2.33. The second kappa shape index (κ2) is 14.0. The standard InChI is InChI=1S/C25H30F2NO5P/c26-21-10-8-19(9-11-21)6-2-1-3-13-32-25-17-23(27)20(16-22(25)24-7-4-14-31-24)18-28-12-5-15-33-34(29)30/h4,7-11,14,16-17,28,34H,1-3,5-6,12-13,15,18H2,(H,29,30). The second-order valence-electron chi connectivity index (χ2n) is 7.85. The molecule has 0 aliphatic heterocycles. The van der Waals surface area contributed by atoms with Gasteiger partial charge >= 0.3 is 8.25 Å². The Bertz CT molecular complexity index is 1030. The average Bonchev–Trinajstić information content (AvgIpc) is 3.35. The Hall–Kier alpha value is -2.51. The Balaban J connectivity index is 1.50. The van der Waals surface area contributed by atoms with E-state index in [0.29, 0.717) is 42.2 Å². The lowest BCUT2D eigenvalue weighted by molar-refractivity contribution is 0.276. The molecule has 2 aromatic carbocycles. The fourth-order valence-electron chi connectivity index (χ4n) is 3.50. The Kier molecular flexibility index (Phi) is 10.8. The van der Waals surface area contributed by atoms with Gasteiger partial charge in [0.05, 0.1) is 25.0 Å². The summed E-state index contributed by atoms with van der Waals surface area (Å²) in [6.07, 6.45) is 5.67. The van der Waals surface area contributed by atoms with Gasteiger partial charge in [-0.05, 0) is 74.5 Å². The van der Waals surface area contributed by atoms with Crippen molar-refractivity contribution in [2.45, 2.75) is 38.6 Å². The molecule has 9 heteroatoms. The van der Waals surface area contributed by atoms with Crippen LogP contribution in [0.2, 0.25) is 0 Å². The maximum absolute atomic E-state index is 14.7. The van der Waals surface area contributed by atoms with Crippen LogP contribution in [0, 0.1) is 11.6 Å². The van der Waals surface area contributed by atoms with Gasteiger partial charge in [0.1, 0.15) is 23.1 Å². The lowest BCUT2D eigenvalue weighted by Gasteiger charge is -2.14. The highest BCUT2D eigenvalue weighted by atomic mass is 31.1. The van der Waals surface area contributed by atoms with Crippen LogP contribution in [-0.2, 0) is 22.1 Å². The Morgan fingerprint density at radius 1 is 1.00 bits per heavy atom. The number of hydrogen-bond donors (Lipinski definition) is 2. The molecule has 34 heavy (non-hydrogen) atoms. The van der Waals surface area contributed by atoms with Crippen molar-refractivity contribution in [2.75, 3.05) is 19.8 Å². The summed E-state index contributed by atoms with van der Waals surface area (Å²) < 4.78 is 54.3. The number of ether oxygens (including phenoxy) is 1. The van der Waals surface area contributed by atoms with E-state index < -0.39 is 8.25 Å². The smallest absolute Gasteiger partial charge is 0.316 e. The van der Waals surface area contributed by atoms with E-state index in [9.17, 15) is 13.3 Å². The third kappa shape index (κ3) is 8.69. The number of benzene rings is 2. The largest absolute Gasteiger partial charge is 0.493 e. The number of unbranched alkanes of at least 4 members (excludes halogenated alkanes) is 2. The van der Waals surface area contributed by atoms with Crippen molar-refractivity contribution in [1.29, 1.82) is 0 Å². The van der Waals surface area contributed by atoms with Crippen molar-refractivity contribution >= 4 is 8.25 Å². The first-order valence-electron chi connectivity index (χ1n) is 11.3. The van der Waals surface area contributed by atoms with E-state index in [1.165, 1.54) is 18.2 Å². The van der Waals surface area contributed by atoms with Crippen LogP contribution >= 0.6 is 8.25 Å². The SMILES string of the molecule is O=[PH](O)OCCCNCc1cc(-c2ccco2)c(OCCCCCc2ccc(F)cc2)cc1F. The Morgan fingerprint density at radius 2 is 1.82 bits per heavy atom. The van der Waals surface area contributed by atoms with Gasteiger partial charge in [-0.2, -0.15) is 0 Å². The van der Waals surface area contributed by atoms with E-state index in [-0.39, 0.29) is 24.8 Å². The summed E-state index contributed by atoms with van der Waals surface area (Å²) in [5.74, 6) is 0.404. The minimum atomic E-state index is -2.92. The molecule has 1 atom stereocenters. The molecule has 0 fully saturated rings. The Morgan fingerprint density at radius 3 is 2.56 bits per heavy atom. The van der Waals surface area contributed by atoms with Crippen LogP contribution in [0.25, 0.3) is 11.3 Å². The maximum atomic E-state index is 14.7. The summed E-state index contributed by atoms with van der Waals surface area (Å²) in [4.78, 5) is 8.65. The summed E-state index contributed by atoms with van der Waals surface area (Å²) in [5.41, 5.74) is 2.25. The number of aryl methyl sites for hydroxylation is 1. The van der Waals surface area contributed by atoms with E-state index >= 15 is 0 Å². The zero-order valence-corrected chi connectivity index (χ0v) is 19.9. The predicted molar refractivity (Wildman–Crippen MR) is 127 cm³/mol. The van der Waals surface area contributed by atoms with Crippen molar-refractivity contribution in [1.82, 2.24) is 5.32 Å². The van der Waals surface area contributed by atoms with Crippen molar-refractivity contribution in [3.05, 3.63) is 77.6 Å². The lowest BCUT2D eigenvalue weighted by Crippen LogP contribution is -2.17. The van der Waals surface area contributed by atoms with E-state index in [0.717, 1.165) is 31.2 Å². The molecular formula is C25H30F2NO5P. The summed E-state index contributed by atoms with van der Waals surface area (Å²) in [6.45, 7) is 1.42. The quantitative estimate of drug-likeness (QED) is 0.203. The van der Waals surface area contributed by atoms with Crippen LogP contribution in [0.3, 0.4) is 0 Å². The first-order chi connectivity index (χ1) is 16.5. The molecular weight excluding hydrogens is 463 g/mol. The van der Waals surface area contributed by atoms with Crippen LogP contribution in [-0.4, -0.2) is 24.7 Å². The normalized spacial score (nSPS) is 12.1. The molecule has 1 aromatic heterocycles. The molecule has 0 saturated heterocycles. The van der Waals surface area contributed by atoms with Crippen molar-refractivity contribution < 1.29 is 31.9 Å². The van der Waals surface area contributed by atoms with Gasteiger partial charge in [0.2, 0.25) is 0 Å². The first kappa shape index (κ1) is 26.1. The molecule has 1 unspecified atom stereocenters. The van der Waals surface area contributed by atoms with E-state index in [1.54, 1.807) is 36.6 Å². The molecule has 2 N–H and O–H groups in total. The summed E-state index contributed by atoms with van der Waals surface area (Å²) in [5, 5.41) is 3.11. The van der Waals surface area contributed by atoms with Gasteiger partial charge in [0.15, 0.2) is 0 Å². The minimum absolute atomic E-state index is 0.165. The molecule has 0 aliphatic carbocycles. The molecule has 6 nitrogen and oxygen atoms in total. The predicted octanol–water partition coefficient (Wildman–Crippen LogP) is 5.89. The molecule has 1 heterocycles. The highest BCUT2D eigenvalue weighted by Gasteiger charge is 2.15. The second-order valence-corrected chi connectivity index (χ2v) is 8.67. The molecule has 0 bridgehead atoms. The first-order valence-corrected chi connectivity index (χ1v) is 12.6. The Labute approximate surface area is 198 Å². The fourth-order valence-corrected chi connectivity index (χ4v) is 3.82. The van der Waals surface area contributed by atoms with Crippen LogP contribution in [0.5, 0.6) is 5.75 Å². The van der Waals surface area contributed by atoms with Gasteiger partial charge in [0, 0.05) is 18.2 Å². The van der Waals surface area contributed by atoms with Crippen molar-refractivity contribution in [3.8, 4) is 17.1 Å². The minimum Gasteiger partial charge on any atom is -0.493 e. The van der Waals surface area contributed by atoms with E-state index in [2.05, 4.69) is 9.84 Å². The maximum Gasteiger partial charge on any atom is 0.316 e. The summed E-state index contributed by atoms with van der Waals surface area (Å²) in [6, 6.07) is 13.2. The molecule has 0 radical (unpaired) electrons. The third-order valence-corrected chi connectivity index (χ3v) is 5.71. The summed E-state index contributed by atoms with van der Waals surface area (Å²) >= 11 is 0. The lowest BCUT2D eigenvalue weighted by atomic mass is 10.1. The van der Waals surface area contributed by atoms with Gasteiger partial charge in [-0.3, -0.25) is 4.57 Å².